The summed E-state index contributed by atoms with van der Waals surface area (Å²) < 4.78 is 36.4. The van der Waals surface area contributed by atoms with Crippen molar-refractivity contribution in [1.29, 1.82) is 0 Å². The summed E-state index contributed by atoms with van der Waals surface area (Å²) in [7, 11) is 1.42. The van der Waals surface area contributed by atoms with Gasteiger partial charge in [-0.05, 0) is 24.3 Å². The number of halogens is 2. The molecule has 3 N–H and O–H groups in total. The lowest BCUT2D eigenvalue weighted by Gasteiger charge is -2.11. The SMILES string of the molecule is COc1ccc(C(N)=O)c(OCC(=O)Nc2cc(F)cc(F)c2)c1. The molecule has 0 radical (unpaired) electrons. The largest absolute Gasteiger partial charge is 0.497 e. The van der Waals surface area contributed by atoms with E-state index < -0.39 is 30.1 Å². The van der Waals surface area contributed by atoms with E-state index in [9.17, 15) is 18.4 Å². The Morgan fingerprint density at radius 1 is 1.12 bits per heavy atom. The highest BCUT2D eigenvalue weighted by atomic mass is 19.1. The molecule has 0 bridgehead atoms. The van der Waals surface area contributed by atoms with Crippen LogP contribution < -0.4 is 20.5 Å². The van der Waals surface area contributed by atoms with Crippen molar-refractivity contribution < 1.29 is 27.8 Å². The van der Waals surface area contributed by atoms with Crippen molar-refractivity contribution in [2.24, 2.45) is 5.73 Å². The molecular weight excluding hydrogens is 322 g/mol. The maximum Gasteiger partial charge on any atom is 0.262 e. The number of nitrogens with one attached hydrogen (secondary N) is 1. The molecule has 126 valence electrons. The second-order valence-corrected chi connectivity index (χ2v) is 4.72. The van der Waals surface area contributed by atoms with Crippen LogP contribution in [0.1, 0.15) is 10.4 Å². The molecule has 0 aromatic heterocycles. The van der Waals surface area contributed by atoms with Crippen LogP contribution in [-0.2, 0) is 4.79 Å². The summed E-state index contributed by atoms with van der Waals surface area (Å²) in [4.78, 5) is 23.2. The van der Waals surface area contributed by atoms with E-state index in [1.54, 1.807) is 0 Å². The molecule has 0 spiro atoms. The number of methoxy groups -OCH3 is 1. The summed E-state index contributed by atoms with van der Waals surface area (Å²) in [6, 6.07) is 6.92. The van der Waals surface area contributed by atoms with Crippen molar-refractivity contribution in [3.05, 3.63) is 53.6 Å². The van der Waals surface area contributed by atoms with E-state index >= 15 is 0 Å². The van der Waals surface area contributed by atoms with Gasteiger partial charge in [-0.3, -0.25) is 9.59 Å². The summed E-state index contributed by atoms with van der Waals surface area (Å²) in [5.74, 6) is -2.59. The molecule has 0 fully saturated rings. The Balaban J connectivity index is 2.07. The van der Waals surface area contributed by atoms with Crippen molar-refractivity contribution in [3.8, 4) is 11.5 Å². The van der Waals surface area contributed by atoms with Crippen molar-refractivity contribution in [3.63, 3.8) is 0 Å². The average molecular weight is 336 g/mol. The van der Waals surface area contributed by atoms with Crippen molar-refractivity contribution in [1.82, 2.24) is 0 Å². The van der Waals surface area contributed by atoms with Gasteiger partial charge in [0.05, 0.1) is 12.7 Å². The second kappa shape index (κ2) is 7.40. The molecule has 0 unspecified atom stereocenters. The zero-order chi connectivity index (χ0) is 17.7. The minimum absolute atomic E-state index is 0.0538. The third kappa shape index (κ3) is 4.42. The number of anilines is 1. The molecule has 0 heterocycles. The standard InChI is InChI=1S/C16H14F2N2O4/c1-23-12-2-3-13(16(19)22)14(7-12)24-8-15(21)20-11-5-9(17)4-10(18)6-11/h2-7H,8H2,1H3,(H2,19,22)(H,20,21). The topological polar surface area (TPSA) is 90.7 Å². The quantitative estimate of drug-likeness (QED) is 0.845. The number of carbonyl (C=O) groups excluding carboxylic acids is 2. The van der Waals surface area contributed by atoms with E-state index in [0.717, 1.165) is 12.1 Å². The van der Waals surface area contributed by atoms with Gasteiger partial charge >= 0.3 is 0 Å². The summed E-state index contributed by atoms with van der Waals surface area (Å²) in [6.07, 6.45) is 0. The van der Waals surface area contributed by atoms with Gasteiger partial charge in [0.1, 0.15) is 23.1 Å². The van der Waals surface area contributed by atoms with Crippen molar-refractivity contribution in [2.45, 2.75) is 0 Å². The van der Waals surface area contributed by atoms with E-state index in [-0.39, 0.29) is 17.0 Å². The number of hydrogen-bond acceptors (Lipinski definition) is 4. The Bertz CT molecular complexity index is 760. The van der Waals surface area contributed by atoms with Gasteiger partial charge < -0.3 is 20.5 Å². The molecule has 0 aliphatic carbocycles. The number of amides is 2. The predicted molar refractivity (Wildman–Crippen MR) is 82.0 cm³/mol. The third-order valence-electron chi connectivity index (χ3n) is 2.96. The molecule has 0 saturated carbocycles. The third-order valence-corrected chi connectivity index (χ3v) is 2.96. The van der Waals surface area contributed by atoms with Crippen molar-refractivity contribution >= 4 is 17.5 Å². The molecule has 0 aliphatic rings. The lowest BCUT2D eigenvalue weighted by atomic mass is 10.2. The Morgan fingerprint density at radius 3 is 2.38 bits per heavy atom. The number of benzene rings is 2. The summed E-state index contributed by atoms with van der Waals surface area (Å²) in [5.41, 5.74) is 5.24. The molecule has 8 heteroatoms. The van der Waals surface area contributed by atoms with Gasteiger partial charge in [-0.2, -0.15) is 0 Å². The molecule has 0 saturated heterocycles. The number of primary amides is 1. The lowest BCUT2D eigenvalue weighted by Crippen LogP contribution is -2.22. The van der Waals surface area contributed by atoms with Crippen LogP contribution in [0.15, 0.2) is 36.4 Å². The molecule has 0 atom stereocenters. The highest BCUT2D eigenvalue weighted by Gasteiger charge is 2.13. The average Bonchev–Trinajstić information content (AvgIpc) is 2.51. The first-order valence-electron chi connectivity index (χ1n) is 6.75. The van der Waals surface area contributed by atoms with Gasteiger partial charge in [0.15, 0.2) is 6.61 Å². The Hall–Kier alpha value is -3.16. The predicted octanol–water partition coefficient (Wildman–Crippen LogP) is 2.09. The fraction of sp³-hybridized carbons (Fsp3) is 0.125. The van der Waals surface area contributed by atoms with Crippen LogP contribution in [0, 0.1) is 11.6 Å². The highest BCUT2D eigenvalue weighted by molar-refractivity contribution is 5.96. The normalized spacial score (nSPS) is 10.1. The smallest absolute Gasteiger partial charge is 0.262 e. The van der Waals surface area contributed by atoms with E-state index in [1.165, 1.54) is 25.3 Å². The van der Waals surface area contributed by atoms with Crippen LogP contribution in [0.25, 0.3) is 0 Å². The second-order valence-electron chi connectivity index (χ2n) is 4.72. The zero-order valence-corrected chi connectivity index (χ0v) is 12.6. The number of carbonyl (C=O) groups is 2. The number of hydrogen-bond donors (Lipinski definition) is 2. The maximum atomic E-state index is 13.1. The highest BCUT2D eigenvalue weighted by Crippen LogP contribution is 2.24. The van der Waals surface area contributed by atoms with E-state index in [2.05, 4.69) is 5.32 Å². The fourth-order valence-electron chi connectivity index (χ4n) is 1.92. The van der Waals surface area contributed by atoms with Gasteiger partial charge in [-0.25, -0.2) is 8.78 Å². The lowest BCUT2D eigenvalue weighted by molar-refractivity contribution is -0.118. The molecule has 6 nitrogen and oxygen atoms in total. The van der Waals surface area contributed by atoms with Gasteiger partial charge in [0.25, 0.3) is 11.8 Å². The van der Waals surface area contributed by atoms with Crippen molar-refractivity contribution in [2.75, 3.05) is 19.0 Å². The monoisotopic (exact) mass is 336 g/mol. The Labute approximate surface area is 136 Å². The van der Waals surface area contributed by atoms with Gasteiger partial charge in [0.2, 0.25) is 0 Å². The van der Waals surface area contributed by atoms with Gasteiger partial charge in [0, 0.05) is 17.8 Å². The van der Waals surface area contributed by atoms with E-state index in [0.29, 0.717) is 11.8 Å². The summed E-state index contributed by atoms with van der Waals surface area (Å²) >= 11 is 0. The number of ether oxygens (including phenoxy) is 2. The van der Waals surface area contributed by atoms with Crippen LogP contribution in [-0.4, -0.2) is 25.5 Å². The molecule has 2 aromatic carbocycles. The van der Waals surface area contributed by atoms with Crippen LogP contribution in [0.3, 0.4) is 0 Å². The van der Waals surface area contributed by atoms with Crippen LogP contribution in [0.4, 0.5) is 14.5 Å². The van der Waals surface area contributed by atoms with Crippen LogP contribution in [0.2, 0.25) is 0 Å². The Kier molecular flexibility index (Phi) is 5.31. The molecular formula is C16H14F2N2O4. The summed E-state index contributed by atoms with van der Waals surface area (Å²) in [6.45, 7) is -0.494. The molecule has 24 heavy (non-hydrogen) atoms. The molecule has 2 aromatic rings. The first kappa shape index (κ1) is 17.2. The Morgan fingerprint density at radius 2 is 1.79 bits per heavy atom. The van der Waals surface area contributed by atoms with Crippen LogP contribution in [0.5, 0.6) is 11.5 Å². The summed E-state index contributed by atoms with van der Waals surface area (Å²) in [5, 5.41) is 2.28. The molecule has 2 rings (SSSR count). The zero-order valence-electron chi connectivity index (χ0n) is 12.6. The minimum Gasteiger partial charge on any atom is -0.497 e. The first-order chi connectivity index (χ1) is 11.4. The van der Waals surface area contributed by atoms with Crippen LogP contribution >= 0.6 is 0 Å². The van der Waals surface area contributed by atoms with E-state index in [1.807, 2.05) is 0 Å². The number of rotatable bonds is 6. The minimum atomic E-state index is -0.824. The fourth-order valence-corrected chi connectivity index (χ4v) is 1.92. The van der Waals surface area contributed by atoms with E-state index in [4.69, 9.17) is 15.2 Å². The first-order valence-corrected chi connectivity index (χ1v) is 6.75. The molecule has 2 amide bonds. The van der Waals surface area contributed by atoms with Gasteiger partial charge in [-0.15, -0.1) is 0 Å². The van der Waals surface area contributed by atoms with Gasteiger partial charge in [-0.1, -0.05) is 0 Å². The number of nitrogens with two attached hydrogens (primary N) is 1. The maximum absolute atomic E-state index is 13.1. The molecule has 0 aliphatic heterocycles.